The molecule has 0 aromatic carbocycles. The molecule has 1 fully saturated rings. The van der Waals surface area contributed by atoms with Gasteiger partial charge in [-0.25, -0.2) is 9.37 Å². The molecule has 0 saturated carbocycles. The van der Waals surface area contributed by atoms with Gasteiger partial charge in [-0.05, 0) is 33.8 Å². The molecule has 21 heavy (non-hydrogen) atoms. The van der Waals surface area contributed by atoms with Crippen LogP contribution in [-0.2, 0) is 14.7 Å². The van der Waals surface area contributed by atoms with Crippen LogP contribution < -0.4 is 5.46 Å². The largest absolute Gasteiger partial charge is 0.502 e. The lowest BCUT2D eigenvalue weighted by Crippen LogP contribution is -2.41. The molecule has 2 rings (SSSR count). The fraction of sp³-hybridized carbons (Fsp3) is 0.667. The van der Waals surface area contributed by atoms with Crippen molar-refractivity contribution < 1.29 is 18.1 Å². The van der Waals surface area contributed by atoms with Crippen LogP contribution in [0.1, 0.15) is 54.2 Å². The normalized spacial score (nSPS) is 20.9. The zero-order valence-corrected chi connectivity index (χ0v) is 13.7. The molecule has 0 aliphatic carbocycles. The molecule has 0 radical (unpaired) electrons. The molecule has 1 aromatic rings. The van der Waals surface area contributed by atoms with Gasteiger partial charge in [0.15, 0.2) is 0 Å². The second-order valence-corrected chi connectivity index (χ2v) is 7.53. The minimum Gasteiger partial charge on any atom is -0.399 e. The molecule has 0 unspecified atom stereocenters. The van der Waals surface area contributed by atoms with Crippen molar-refractivity contribution in [2.75, 3.05) is 0 Å². The van der Waals surface area contributed by atoms with Gasteiger partial charge in [-0.1, -0.05) is 20.8 Å². The molecule has 2 heterocycles. The molecule has 1 aliphatic heterocycles. The van der Waals surface area contributed by atoms with Crippen LogP contribution in [0.25, 0.3) is 0 Å². The van der Waals surface area contributed by atoms with Crippen molar-refractivity contribution in [3.8, 4) is 0 Å². The average Bonchev–Trinajstić information content (AvgIpc) is 2.45. The molecule has 116 valence electrons. The predicted molar refractivity (Wildman–Crippen MR) is 78.6 cm³/mol. The van der Waals surface area contributed by atoms with Gasteiger partial charge in [0.25, 0.3) is 0 Å². The van der Waals surface area contributed by atoms with Gasteiger partial charge in [0, 0.05) is 5.41 Å². The van der Waals surface area contributed by atoms with E-state index in [1.54, 1.807) is 0 Å². The lowest BCUT2D eigenvalue weighted by Gasteiger charge is -2.32. The number of hydrogen-bond donors (Lipinski definition) is 0. The van der Waals surface area contributed by atoms with E-state index in [0.717, 1.165) is 0 Å². The summed E-state index contributed by atoms with van der Waals surface area (Å²) in [5.41, 5.74) is -1.64. The van der Waals surface area contributed by atoms with Crippen LogP contribution in [0.3, 0.4) is 0 Å². The SMILES string of the molecule is CC(C)(C)c1cc(F)c(B2OC(C)(C)C(C)(C)O2)c(F)n1. The van der Waals surface area contributed by atoms with Crippen molar-refractivity contribution in [3.05, 3.63) is 23.5 Å². The summed E-state index contributed by atoms with van der Waals surface area (Å²) in [6.45, 7) is 12.9. The maximum absolute atomic E-state index is 14.4. The Morgan fingerprint density at radius 3 is 1.90 bits per heavy atom. The number of rotatable bonds is 1. The Hall–Kier alpha value is -1.01. The van der Waals surface area contributed by atoms with Crippen LogP contribution in [0.4, 0.5) is 8.78 Å². The highest BCUT2D eigenvalue weighted by Gasteiger charge is 2.53. The van der Waals surface area contributed by atoms with E-state index in [-0.39, 0.29) is 5.46 Å². The van der Waals surface area contributed by atoms with E-state index in [9.17, 15) is 8.78 Å². The van der Waals surface area contributed by atoms with E-state index in [2.05, 4.69) is 4.98 Å². The highest BCUT2D eigenvalue weighted by atomic mass is 19.1. The third-order valence-corrected chi connectivity index (χ3v) is 4.22. The molecule has 0 amide bonds. The summed E-state index contributed by atoms with van der Waals surface area (Å²) in [5, 5.41) is 0. The third-order valence-electron chi connectivity index (χ3n) is 4.22. The Kier molecular flexibility index (Phi) is 3.70. The summed E-state index contributed by atoms with van der Waals surface area (Å²) < 4.78 is 40.0. The first-order valence-electron chi connectivity index (χ1n) is 7.07. The van der Waals surface area contributed by atoms with Crippen LogP contribution in [0, 0.1) is 11.8 Å². The van der Waals surface area contributed by atoms with E-state index in [1.165, 1.54) is 6.07 Å². The second kappa shape index (κ2) is 4.75. The highest BCUT2D eigenvalue weighted by molar-refractivity contribution is 6.62. The Morgan fingerprint density at radius 2 is 1.52 bits per heavy atom. The molecule has 0 atom stereocenters. The minimum absolute atomic E-state index is 0.262. The number of halogens is 2. The molecule has 1 aliphatic rings. The molecular formula is C15H22BF2NO2. The standard InChI is InChI=1S/C15H22BF2NO2/c1-13(2,3)10-8-9(17)11(12(18)19-10)16-20-14(4,5)15(6,7)21-16/h8H,1-7H3. The molecule has 0 spiro atoms. The number of hydrogen-bond acceptors (Lipinski definition) is 3. The van der Waals surface area contributed by atoms with Crippen LogP contribution in [0.2, 0.25) is 0 Å². The van der Waals surface area contributed by atoms with Crippen molar-refractivity contribution in [1.29, 1.82) is 0 Å². The lowest BCUT2D eigenvalue weighted by atomic mass is 9.78. The van der Waals surface area contributed by atoms with Crippen molar-refractivity contribution >= 4 is 12.6 Å². The zero-order chi connectivity index (χ0) is 16.2. The summed E-state index contributed by atoms with van der Waals surface area (Å²) in [6, 6.07) is 1.25. The third kappa shape index (κ3) is 2.83. The van der Waals surface area contributed by atoms with Crippen LogP contribution in [0.5, 0.6) is 0 Å². The Bertz CT molecular complexity index is 528. The van der Waals surface area contributed by atoms with Crippen molar-refractivity contribution in [2.24, 2.45) is 0 Å². The first kappa shape index (κ1) is 16.4. The molecule has 1 aromatic heterocycles. The monoisotopic (exact) mass is 297 g/mol. The fourth-order valence-corrected chi connectivity index (χ4v) is 2.05. The quantitative estimate of drug-likeness (QED) is 0.590. The van der Waals surface area contributed by atoms with E-state index in [4.69, 9.17) is 9.31 Å². The van der Waals surface area contributed by atoms with Gasteiger partial charge >= 0.3 is 7.12 Å². The van der Waals surface area contributed by atoms with Gasteiger partial charge in [0.05, 0.1) is 22.4 Å². The van der Waals surface area contributed by atoms with Crippen molar-refractivity contribution in [2.45, 2.75) is 65.1 Å². The van der Waals surface area contributed by atoms with Crippen LogP contribution in [0.15, 0.2) is 6.07 Å². The second-order valence-electron chi connectivity index (χ2n) is 7.53. The predicted octanol–water partition coefficient (Wildman–Crippen LogP) is 2.96. The summed E-state index contributed by atoms with van der Waals surface area (Å²) in [4.78, 5) is 3.88. The topological polar surface area (TPSA) is 31.4 Å². The van der Waals surface area contributed by atoms with Gasteiger partial charge in [-0.2, -0.15) is 4.39 Å². The molecule has 1 saturated heterocycles. The summed E-state index contributed by atoms with van der Waals surface area (Å²) in [6.07, 6.45) is 0. The Balaban J connectivity index is 2.44. The summed E-state index contributed by atoms with van der Waals surface area (Å²) in [5.74, 6) is -1.57. The average molecular weight is 297 g/mol. The van der Waals surface area contributed by atoms with Crippen LogP contribution in [-0.4, -0.2) is 23.3 Å². The van der Waals surface area contributed by atoms with Gasteiger partial charge in [-0.3, -0.25) is 0 Å². The van der Waals surface area contributed by atoms with Crippen molar-refractivity contribution in [1.82, 2.24) is 4.98 Å². The number of nitrogens with zero attached hydrogens (tertiary/aromatic N) is 1. The van der Waals surface area contributed by atoms with E-state index >= 15 is 0 Å². The molecule has 6 heteroatoms. The summed E-state index contributed by atoms with van der Waals surface area (Å²) in [7, 11) is -1.09. The molecular weight excluding hydrogens is 275 g/mol. The smallest absolute Gasteiger partial charge is 0.399 e. The van der Waals surface area contributed by atoms with Gasteiger partial charge in [0.2, 0.25) is 5.95 Å². The van der Waals surface area contributed by atoms with E-state index in [0.29, 0.717) is 5.69 Å². The maximum Gasteiger partial charge on any atom is 0.502 e. The maximum atomic E-state index is 14.4. The lowest BCUT2D eigenvalue weighted by molar-refractivity contribution is 0.00578. The first-order chi connectivity index (χ1) is 9.35. The number of aromatic nitrogens is 1. The highest BCUT2D eigenvalue weighted by Crippen LogP contribution is 2.37. The minimum atomic E-state index is -1.09. The first-order valence-corrected chi connectivity index (χ1v) is 7.07. The van der Waals surface area contributed by atoms with Gasteiger partial charge in [-0.15, -0.1) is 0 Å². The Morgan fingerprint density at radius 1 is 1.05 bits per heavy atom. The van der Waals surface area contributed by atoms with Gasteiger partial charge < -0.3 is 9.31 Å². The molecule has 0 N–H and O–H groups in total. The number of pyridine rings is 1. The molecule has 0 bridgehead atoms. The van der Waals surface area contributed by atoms with Crippen molar-refractivity contribution in [3.63, 3.8) is 0 Å². The fourth-order valence-electron chi connectivity index (χ4n) is 2.05. The van der Waals surface area contributed by atoms with Gasteiger partial charge in [0.1, 0.15) is 5.82 Å². The van der Waals surface area contributed by atoms with Crippen LogP contribution >= 0.6 is 0 Å². The molecule has 3 nitrogen and oxygen atoms in total. The zero-order valence-electron chi connectivity index (χ0n) is 13.7. The van der Waals surface area contributed by atoms with E-state index < -0.39 is 35.5 Å². The summed E-state index contributed by atoms with van der Waals surface area (Å²) >= 11 is 0. The van der Waals surface area contributed by atoms with E-state index in [1.807, 2.05) is 48.5 Å². The Labute approximate surface area is 125 Å².